The van der Waals surface area contributed by atoms with Gasteiger partial charge in [-0.05, 0) is 53.0 Å². The minimum Gasteiger partial charge on any atom is -0.503 e. The lowest BCUT2D eigenvalue weighted by atomic mass is 10.1. The summed E-state index contributed by atoms with van der Waals surface area (Å²) in [4.78, 5) is 11.8. The number of hydrogen-bond acceptors (Lipinski definition) is 4. The number of carbonyl (C=O) groups excluding carboxylic acids is 1. The van der Waals surface area contributed by atoms with E-state index in [1.165, 1.54) is 6.08 Å². The van der Waals surface area contributed by atoms with E-state index >= 15 is 0 Å². The molecule has 21 heavy (non-hydrogen) atoms. The molecule has 112 valence electrons. The van der Waals surface area contributed by atoms with Crippen molar-refractivity contribution in [3.05, 3.63) is 27.7 Å². The Hall–Kier alpha value is -2.00. The zero-order valence-corrected chi connectivity index (χ0v) is 13.5. The molecule has 1 rings (SSSR count). The average Bonchev–Trinajstić information content (AvgIpc) is 2.47. The van der Waals surface area contributed by atoms with E-state index in [0.29, 0.717) is 28.9 Å². The second-order valence-corrected chi connectivity index (χ2v) is 5.06. The fourth-order valence-electron chi connectivity index (χ4n) is 1.59. The molecule has 0 heterocycles. The second kappa shape index (κ2) is 8.32. The fraction of sp³-hybridized carbons (Fsp3) is 0.333. The van der Waals surface area contributed by atoms with Crippen molar-refractivity contribution in [1.82, 2.24) is 5.32 Å². The van der Waals surface area contributed by atoms with E-state index < -0.39 is 5.91 Å². The minimum atomic E-state index is -0.415. The van der Waals surface area contributed by atoms with Gasteiger partial charge in [-0.2, -0.15) is 5.26 Å². The Kier molecular flexibility index (Phi) is 6.76. The molecular formula is C15H17BrN2O3. The van der Waals surface area contributed by atoms with Crippen LogP contribution in [0.25, 0.3) is 6.08 Å². The third kappa shape index (κ3) is 4.80. The van der Waals surface area contributed by atoms with E-state index in [-0.39, 0.29) is 11.3 Å². The summed E-state index contributed by atoms with van der Waals surface area (Å²) in [5.41, 5.74) is 0.592. The molecule has 1 amide bonds. The molecule has 0 aromatic heterocycles. The molecule has 0 unspecified atom stereocenters. The Morgan fingerprint density at radius 2 is 2.24 bits per heavy atom. The maximum atomic E-state index is 11.8. The molecule has 2 N–H and O–H groups in total. The zero-order chi connectivity index (χ0) is 15.8. The Balaban J connectivity index is 3.11. The highest BCUT2D eigenvalue weighted by Crippen LogP contribution is 2.36. The van der Waals surface area contributed by atoms with Gasteiger partial charge in [-0.15, -0.1) is 0 Å². The normalized spacial score (nSPS) is 10.9. The topological polar surface area (TPSA) is 82.4 Å². The van der Waals surface area contributed by atoms with Crippen molar-refractivity contribution in [2.24, 2.45) is 0 Å². The molecule has 0 atom stereocenters. The molecule has 5 nitrogen and oxygen atoms in total. The first kappa shape index (κ1) is 17.1. The Morgan fingerprint density at radius 1 is 1.52 bits per heavy atom. The standard InChI is InChI=1S/C15H17BrN2O3/c1-3-5-18-15(20)11(9-17)6-10-7-12(16)14(19)13(8-10)21-4-2/h6-8,19H,3-5H2,1-2H3,(H,18,20)/b11-6+. The van der Waals surface area contributed by atoms with Crippen LogP contribution in [0.15, 0.2) is 22.2 Å². The van der Waals surface area contributed by atoms with Crippen molar-refractivity contribution in [2.75, 3.05) is 13.2 Å². The minimum absolute atomic E-state index is 0.00323. The number of ether oxygens (including phenoxy) is 1. The number of aromatic hydroxyl groups is 1. The van der Waals surface area contributed by atoms with Gasteiger partial charge in [0.2, 0.25) is 0 Å². The maximum absolute atomic E-state index is 11.8. The molecule has 0 saturated carbocycles. The van der Waals surface area contributed by atoms with Crippen LogP contribution in [-0.4, -0.2) is 24.2 Å². The highest BCUT2D eigenvalue weighted by atomic mass is 79.9. The molecule has 0 radical (unpaired) electrons. The van der Waals surface area contributed by atoms with Crippen molar-refractivity contribution in [3.63, 3.8) is 0 Å². The van der Waals surface area contributed by atoms with Gasteiger partial charge in [0.15, 0.2) is 11.5 Å². The first-order valence-electron chi connectivity index (χ1n) is 6.58. The van der Waals surface area contributed by atoms with Gasteiger partial charge in [0.05, 0.1) is 11.1 Å². The quantitative estimate of drug-likeness (QED) is 0.608. The van der Waals surface area contributed by atoms with E-state index in [9.17, 15) is 9.90 Å². The van der Waals surface area contributed by atoms with Crippen LogP contribution in [0.2, 0.25) is 0 Å². The number of phenolic OH excluding ortho intramolecular Hbond substituents is 1. The van der Waals surface area contributed by atoms with Crippen LogP contribution in [0.3, 0.4) is 0 Å². The molecule has 0 aliphatic heterocycles. The first-order chi connectivity index (χ1) is 10.0. The number of nitrogens with zero attached hydrogens (tertiary/aromatic N) is 1. The molecule has 0 aliphatic rings. The van der Waals surface area contributed by atoms with Crippen LogP contribution >= 0.6 is 15.9 Å². The van der Waals surface area contributed by atoms with E-state index in [2.05, 4.69) is 21.2 Å². The predicted octanol–water partition coefficient (Wildman–Crippen LogP) is 2.99. The van der Waals surface area contributed by atoms with Gasteiger partial charge in [0.1, 0.15) is 11.6 Å². The van der Waals surface area contributed by atoms with E-state index in [4.69, 9.17) is 10.00 Å². The summed E-state index contributed by atoms with van der Waals surface area (Å²) in [7, 11) is 0. The molecule has 1 aromatic rings. The number of phenols is 1. The summed E-state index contributed by atoms with van der Waals surface area (Å²) < 4.78 is 5.74. The number of carbonyl (C=O) groups is 1. The van der Waals surface area contributed by atoms with Crippen molar-refractivity contribution >= 4 is 27.9 Å². The van der Waals surface area contributed by atoms with Gasteiger partial charge < -0.3 is 15.2 Å². The van der Waals surface area contributed by atoms with Crippen LogP contribution in [0.1, 0.15) is 25.8 Å². The SMILES string of the molecule is CCCNC(=O)/C(C#N)=C/c1cc(Br)c(O)c(OCC)c1. The van der Waals surface area contributed by atoms with Gasteiger partial charge in [0, 0.05) is 6.54 Å². The van der Waals surface area contributed by atoms with Crippen LogP contribution in [0.5, 0.6) is 11.5 Å². The lowest BCUT2D eigenvalue weighted by Gasteiger charge is -2.09. The molecule has 6 heteroatoms. The molecule has 0 bridgehead atoms. The summed E-state index contributed by atoms with van der Waals surface area (Å²) in [6.07, 6.45) is 2.25. The molecule has 0 spiro atoms. The van der Waals surface area contributed by atoms with Gasteiger partial charge in [-0.1, -0.05) is 6.92 Å². The summed E-state index contributed by atoms with van der Waals surface area (Å²) in [5, 5.41) is 21.6. The molecule has 0 saturated heterocycles. The molecule has 0 fully saturated rings. The maximum Gasteiger partial charge on any atom is 0.261 e. The lowest BCUT2D eigenvalue weighted by molar-refractivity contribution is -0.117. The smallest absolute Gasteiger partial charge is 0.261 e. The number of rotatable bonds is 6. The number of nitriles is 1. The third-order valence-electron chi connectivity index (χ3n) is 2.56. The monoisotopic (exact) mass is 352 g/mol. The Bertz CT molecular complexity index is 591. The Labute approximate surface area is 132 Å². The second-order valence-electron chi connectivity index (χ2n) is 4.21. The molecule has 1 aromatic carbocycles. The van der Waals surface area contributed by atoms with Crippen molar-refractivity contribution in [1.29, 1.82) is 5.26 Å². The van der Waals surface area contributed by atoms with Crippen LogP contribution in [0.4, 0.5) is 0 Å². The number of halogens is 1. The number of hydrogen-bond donors (Lipinski definition) is 2. The number of amides is 1. The third-order valence-corrected chi connectivity index (χ3v) is 3.17. The first-order valence-corrected chi connectivity index (χ1v) is 7.38. The van der Waals surface area contributed by atoms with E-state index in [1.54, 1.807) is 19.1 Å². The Morgan fingerprint density at radius 3 is 2.81 bits per heavy atom. The summed E-state index contributed by atoms with van der Waals surface area (Å²) in [5.74, 6) is -0.131. The van der Waals surface area contributed by atoms with Crippen LogP contribution in [-0.2, 0) is 4.79 Å². The van der Waals surface area contributed by atoms with Gasteiger partial charge in [-0.25, -0.2) is 0 Å². The van der Waals surface area contributed by atoms with E-state index in [1.807, 2.05) is 13.0 Å². The largest absolute Gasteiger partial charge is 0.503 e. The summed E-state index contributed by atoms with van der Waals surface area (Å²) in [6, 6.07) is 5.07. The van der Waals surface area contributed by atoms with Crippen molar-refractivity contribution in [3.8, 4) is 17.6 Å². The van der Waals surface area contributed by atoms with Crippen LogP contribution in [0, 0.1) is 11.3 Å². The lowest BCUT2D eigenvalue weighted by Crippen LogP contribution is -2.25. The number of benzene rings is 1. The fourth-order valence-corrected chi connectivity index (χ4v) is 2.05. The molecule has 0 aliphatic carbocycles. The zero-order valence-electron chi connectivity index (χ0n) is 11.9. The predicted molar refractivity (Wildman–Crippen MR) is 83.9 cm³/mol. The van der Waals surface area contributed by atoms with Crippen molar-refractivity contribution < 1.29 is 14.6 Å². The highest BCUT2D eigenvalue weighted by molar-refractivity contribution is 9.10. The average molecular weight is 353 g/mol. The highest BCUT2D eigenvalue weighted by Gasteiger charge is 2.11. The van der Waals surface area contributed by atoms with Gasteiger partial charge >= 0.3 is 0 Å². The van der Waals surface area contributed by atoms with E-state index in [0.717, 1.165) is 6.42 Å². The molecular weight excluding hydrogens is 336 g/mol. The van der Waals surface area contributed by atoms with Crippen molar-refractivity contribution in [2.45, 2.75) is 20.3 Å². The summed E-state index contributed by atoms with van der Waals surface area (Å²) in [6.45, 7) is 4.65. The summed E-state index contributed by atoms with van der Waals surface area (Å²) >= 11 is 3.22. The van der Waals surface area contributed by atoms with Gasteiger partial charge in [-0.3, -0.25) is 4.79 Å². The van der Waals surface area contributed by atoms with Crippen LogP contribution < -0.4 is 10.1 Å². The number of nitrogens with one attached hydrogen (secondary N) is 1. The van der Waals surface area contributed by atoms with Gasteiger partial charge in [0.25, 0.3) is 5.91 Å².